The Morgan fingerprint density at radius 1 is 0.683 bits per heavy atom. The summed E-state index contributed by atoms with van der Waals surface area (Å²) in [6.45, 7) is 14.0. The van der Waals surface area contributed by atoms with E-state index in [9.17, 15) is 0 Å². The van der Waals surface area contributed by atoms with Crippen molar-refractivity contribution in [1.82, 2.24) is 0 Å². The third-order valence-corrected chi connectivity index (χ3v) is 17.2. The predicted molar refractivity (Wildman–Crippen MR) is 164 cm³/mol. The summed E-state index contributed by atoms with van der Waals surface area (Å²) in [5.41, 5.74) is 6.06. The molecule has 0 aromatic heterocycles. The van der Waals surface area contributed by atoms with Gasteiger partial charge < -0.3 is 37.2 Å². The van der Waals surface area contributed by atoms with Crippen LogP contribution >= 0.6 is 0 Å². The molecule has 3 aromatic carbocycles. The van der Waals surface area contributed by atoms with Gasteiger partial charge in [-0.2, -0.15) is 0 Å². The number of hydrogen-bond acceptors (Lipinski definition) is 0. The van der Waals surface area contributed by atoms with Crippen LogP contribution in [0.5, 0.6) is 0 Å². The minimum absolute atomic E-state index is 0. The Labute approximate surface area is 280 Å². The molecule has 216 valence electrons. The van der Waals surface area contributed by atoms with Gasteiger partial charge in [-0.05, 0) is 0 Å². The van der Waals surface area contributed by atoms with Crippen molar-refractivity contribution in [3.8, 4) is 0 Å². The molecule has 2 aliphatic carbocycles. The van der Waals surface area contributed by atoms with E-state index in [1.165, 1.54) is 36.0 Å². The summed E-state index contributed by atoms with van der Waals surface area (Å²) in [6.07, 6.45) is 11.0. The van der Waals surface area contributed by atoms with E-state index in [-0.39, 0.29) is 40.6 Å². The van der Waals surface area contributed by atoms with Gasteiger partial charge in [-0.15, -0.1) is 0 Å². The molecule has 0 radical (unpaired) electrons. The zero-order valence-corrected chi connectivity index (χ0v) is 30.1. The Morgan fingerprint density at radius 2 is 1.10 bits per heavy atom. The molecule has 0 bridgehead atoms. The first kappa shape index (κ1) is 36.1. The van der Waals surface area contributed by atoms with Crippen LogP contribution in [-0.4, -0.2) is 8.07 Å². The molecule has 0 heterocycles. The van der Waals surface area contributed by atoms with Crippen molar-refractivity contribution in [2.75, 3.05) is 0 Å². The van der Waals surface area contributed by atoms with E-state index in [0.717, 1.165) is 0 Å². The van der Waals surface area contributed by atoms with E-state index < -0.39 is 8.07 Å². The van der Waals surface area contributed by atoms with Crippen LogP contribution in [0.3, 0.4) is 0 Å². The molecule has 5 rings (SSSR count). The number of benzene rings is 3. The first-order valence-electron chi connectivity index (χ1n) is 14.6. The molecule has 0 aliphatic heterocycles. The molecule has 0 nitrogen and oxygen atoms in total. The first-order valence-corrected chi connectivity index (χ1v) is 17.4. The van der Waals surface area contributed by atoms with Crippen LogP contribution in [0, 0.1) is 5.92 Å². The Morgan fingerprint density at radius 3 is 1.49 bits per heavy atom. The molecular weight excluding hydrogens is 615 g/mol. The molecule has 0 N–H and O–H groups in total. The standard InChI is InChI=1S/C36H43Si.3ClH.Ti/c1-25(2)29-13-9-16-32(22-29)37(33-17-10-14-30(23-33)26(3)4,34-18-11-15-31(24-34)27(5)6)36-21-20-28-12-7-8-19-35(28)36;;;;/h7-11,13-19,22-28H,12,20-21H2,1-6H3;3*1H;/q;;;;+3/p-3. The van der Waals surface area contributed by atoms with Gasteiger partial charge in [0.1, 0.15) is 0 Å². The van der Waals surface area contributed by atoms with Gasteiger partial charge in [0.05, 0.1) is 0 Å². The van der Waals surface area contributed by atoms with Crippen molar-refractivity contribution < 1.29 is 57.7 Å². The van der Waals surface area contributed by atoms with Crippen molar-refractivity contribution in [1.29, 1.82) is 0 Å². The van der Waals surface area contributed by atoms with Gasteiger partial charge in [0.2, 0.25) is 0 Å². The molecule has 41 heavy (non-hydrogen) atoms. The zero-order chi connectivity index (χ0) is 27.1. The maximum absolute atomic E-state index is 2.65. The molecule has 2 aliphatic rings. The summed E-state index contributed by atoms with van der Waals surface area (Å²) in [5.74, 6) is 2.19. The third kappa shape index (κ3) is 6.43. The number of fused-ring (bicyclic) bond motifs is 1. The minimum atomic E-state index is -2.56. The van der Waals surface area contributed by atoms with Crippen molar-refractivity contribution in [3.05, 3.63) is 113 Å². The third-order valence-electron chi connectivity index (χ3n) is 9.23. The molecule has 3 aromatic rings. The average Bonchev–Trinajstić information content (AvgIpc) is 3.27. The van der Waals surface area contributed by atoms with Crippen molar-refractivity contribution in [2.45, 2.75) is 81.9 Å². The van der Waals surface area contributed by atoms with E-state index in [1.807, 2.05) is 0 Å². The zero-order valence-electron chi connectivity index (χ0n) is 25.2. The Hall–Kier alpha value is -1.06. The summed E-state index contributed by atoms with van der Waals surface area (Å²) < 4.78 is 0.100. The topological polar surface area (TPSA) is 0 Å². The van der Waals surface area contributed by atoms with Gasteiger partial charge in [0.15, 0.2) is 0 Å². The molecule has 2 unspecified atom stereocenters. The smallest absolute Gasteiger partial charge is 1.00 e. The molecule has 0 spiro atoms. The number of halogens is 3. The molecule has 1 saturated carbocycles. The number of hydrogen-bond donors (Lipinski definition) is 0. The SMILES string of the molecule is CC(C)c1cccc([Si](c2cccc(C(C)C)c2)(c2cccc(C(C)C)c2)[C]2([Ti+3])CCC3CC=CC=C32)c1.[Cl-].[Cl-].[Cl-]. The summed E-state index contributed by atoms with van der Waals surface area (Å²) in [6, 6.07) is 29.3. The van der Waals surface area contributed by atoms with Crippen LogP contribution in [-0.2, 0) is 20.4 Å². The molecular formula is C36H43Cl3SiTi. The van der Waals surface area contributed by atoms with Crippen molar-refractivity contribution >= 4 is 23.6 Å². The van der Waals surface area contributed by atoms with E-state index in [2.05, 4.69) is 153 Å². The second-order valence-corrected chi connectivity index (χ2v) is 18.7. The molecule has 1 fully saturated rings. The normalized spacial score (nSPS) is 19.8. The van der Waals surface area contributed by atoms with Gasteiger partial charge in [-0.1, -0.05) is 0 Å². The molecule has 0 amide bonds. The monoisotopic (exact) mass is 656 g/mol. The van der Waals surface area contributed by atoms with E-state index in [0.29, 0.717) is 23.7 Å². The molecule has 5 heteroatoms. The van der Waals surface area contributed by atoms with Gasteiger partial charge in [0, 0.05) is 0 Å². The summed E-state index contributed by atoms with van der Waals surface area (Å²) in [5, 5.41) is 4.72. The molecule has 0 saturated heterocycles. The van der Waals surface area contributed by atoms with Crippen LogP contribution in [0.15, 0.2) is 96.6 Å². The number of allylic oxidation sites excluding steroid dienone is 4. The predicted octanol–water partition coefficient (Wildman–Crippen LogP) is -0.920. The van der Waals surface area contributed by atoms with Gasteiger partial charge in [-0.3, -0.25) is 0 Å². The van der Waals surface area contributed by atoms with Crippen LogP contribution in [0.4, 0.5) is 0 Å². The largest absolute Gasteiger partial charge is 1.00 e. The van der Waals surface area contributed by atoms with E-state index in [1.54, 1.807) is 21.1 Å². The fourth-order valence-corrected chi connectivity index (χ4v) is 15.6. The first-order chi connectivity index (χ1) is 18.2. The maximum atomic E-state index is 2.65. The van der Waals surface area contributed by atoms with Crippen LogP contribution < -0.4 is 52.8 Å². The quantitative estimate of drug-likeness (QED) is 0.228. The van der Waals surface area contributed by atoms with Crippen molar-refractivity contribution in [2.24, 2.45) is 5.92 Å². The fourth-order valence-electron chi connectivity index (χ4n) is 7.01. The maximum Gasteiger partial charge on any atom is -1.00 e. The average molecular weight is 658 g/mol. The number of rotatable bonds is 7. The van der Waals surface area contributed by atoms with Gasteiger partial charge in [-0.25, -0.2) is 0 Å². The second kappa shape index (κ2) is 14.6. The van der Waals surface area contributed by atoms with Gasteiger partial charge in [0.25, 0.3) is 0 Å². The van der Waals surface area contributed by atoms with E-state index >= 15 is 0 Å². The Bertz CT molecular complexity index is 1250. The van der Waals surface area contributed by atoms with Gasteiger partial charge >= 0.3 is 245 Å². The summed E-state index contributed by atoms with van der Waals surface area (Å²) in [7, 11) is -2.56. The van der Waals surface area contributed by atoms with E-state index in [4.69, 9.17) is 0 Å². The van der Waals surface area contributed by atoms with Crippen LogP contribution in [0.2, 0.25) is 3.34 Å². The summed E-state index contributed by atoms with van der Waals surface area (Å²) in [4.78, 5) is 0. The second-order valence-electron chi connectivity index (χ2n) is 12.5. The Kier molecular flexibility index (Phi) is 12.9. The molecule has 2 atom stereocenters. The van der Waals surface area contributed by atoms with Crippen molar-refractivity contribution in [3.63, 3.8) is 0 Å². The minimum Gasteiger partial charge on any atom is -1.00 e. The summed E-state index contributed by atoms with van der Waals surface area (Å²) >= 11 is 2.65. The fraction of sp³-hybridized carbons (Fsp3) is 0.389. The van der Waals surface area contributed by atoms with Crippen LogP contribution in [0.1, 0.15) is 95.2 Å². The van der Waals surface area contributed by atoms with Crippen LogP contribution in [0.25, 0.3) is 0 Å². The Balaban J connectivity index is 0.00000196.